The molecule has 0 aliphatic carbocycles. The summed E-state index contributed by atoms with van der Waals surface area (Å²) in [7, 11) is 0. The lowest BCUT2D eigenvalue weighted by Gasteiger charge is -2.08. The summed E-state index contributed by atoms with van der Waals surface area (Å²) in [6.45, 7) is 0.772. The lowest BCUT2D eigenvalue weighted by Crippen LogP contribution is -2.00. The Labute approximate surface area is 139 Å². The van der Waals surface area contributed by atoms with Crippen LogP contribution in [0.15, 0.2) is 64.1 Å². The van der Waals surface area contributed by atoms with E-state index in [1.165, 1.54) is 11.9 Å². The van der Waals surface area contributed by atoms with Gasteiger partial charge in [-0.2, -0.15) is 5.10 Å². The number of halogens is 2. The molecule has 2 aromatic carbocycles. The smallest absolute Gasteiger partial charge is 0.138 e. The third kappa shape index (κ3) is 3.51. The third-order valence-electron chi connectivity index (χ3n) is 3.03. The van der Waals surface area contributed by atoms with Crippen LogP contribution in [0.4, 0.5) is 5.69 Å². The first kappa shape index (κ1) is 14.3. The van der Waals surface area contributed by atoms with Gasteiger partial charge in [-0.3, -0.25) is 0 Å². The first-order valence-electron chi connectivity index (χ1n) is 6.35. The molecule has 3 aromatic rings. The third-order valence-corrected chi connectivity index (χ3v) is 4.91. The van der Waals surface area contributed by atoms with E-state index in [2.05, 4.69) is 59.4 Å². The first-order valence-corrected chi connectivity index (χ1v) is 7.94. The molecule has 0 unspecified atom stereocenters. The minimum atomic E-state index is 0.772. The molecule has 1 aromatic heterocycles. The van der Waals surface area contributed by atoms with E-state index in [0.717, 1.165) is 26.9 Å². The molecule has 106 valence electrons. The van der Waals surface area contributed by atoms with Gasteiger partial charge in [0, 0.05) is 21.2 Å². The number of nitrogens with zero attached hydrogens (tertiary/aromatic N) is 3. The number of hydrogen-bond acceptors (Lipinski definition) is 3. The topological polar surface area (TPSA) is 42.7 Å². The summed E-state index contributed by atoms with van der Waals surface area (Å²) in [6.07, 6.45) is 3.21. The largest absolute Gasteiger partial charge is 0.381 e. The molecule has 0 fully saturated rings. The van der Waals surface area contributed by atoms with E-state index >= 15 is 0 Å². The SMILES string of the molecule is Brc1ccc(CNc2ccc(-n3cncn3)cc2)cc1Br. The standard InChI is InChI=1S/C15H12Br2N4/c16-14-6-1-11(7-15(14)17)8-19-12-2-4-13(5-3-12)21-10-18-9-20-21/h1-7,9-10,19H,8H2. The van der Waals surface area contributed by atoms with Crippen LogP contribution >= 0.6 is 31.9 Å². The molecule has 21 heavy (non-hydrogen) atoms. The number of benzene rings is 2. The number of nitrogens with one attached hydrogen (secondary N) is 1. The second kappa shape index (κ2) is 6.41. The fourth-order valence-electron chi connectivity index (χ4n) is 1.93. The van der Waals surface area contributed by atoms with E-state index in [1.54, 1.807) is 11.0 Å². The zero-order valence-corrected chi connectivity index (χ0v) is 14.2. The lowest BCUT2D eigenvalue weighted by molar-refractivity contribution is 0.879. The Balaban J connectivity index is 1.66. The van der Waals surface area contributed by atoms with Crippen LogP contribution in [0.25, 0.3) is 5.69 Å². The van der Waals surface area contributed by atoms with Crippen LogP contribution in [-0.2, 0) is 6.54 Å². The van der Waals surface area contributed by atoms with Gasteiger partial charge in [-0.15, -0.1) is 0 Å². The minimum absolute atomic E-state index is 0.772. The van der Waals surface area contributed by atoms with Gasteiger partial charge in [0.25, 0.3) is 0 Å². The number of rotatable bonds is 4. The molecule has 6 heteroatoms. The predicted molar refractivity (Wildman–Crippen MR) is 90.5 cm³/mol. The number of anilines is 1. The maximum atomic E-state index is 4.10. The van der Waals surface area contributed by atoms with Gasteiger partial charge in [0.15, 0.2) is 0 Å². The predicted octanol–water partition coefficient (Wildman–Crippen LogP) is 4.40. The van der Waals surface area contributed by atoms with E-state index < -0.39 is 0 Å². The average Bonchev–Trinajstić information content (AvgIpc) is 3.03. The van der Waals surface area contributed by atoms with E-state index in [1.807, 2.05) is 30.3 Å². The zero-order chi connectivity index (χ0) is 14.7. The van der Waals surface area contributed by atoms with Crippen molar-refractivity contribution in [3.8, 4) is 5.69 Å². The fraction of sp³-hybridized carbons (Fsp3) is 0.0667. The second-order valence-corrected chi connectivity index (χ2v) is 6.20. The molecule has 1 heterocycles. The van der Waals surface area contributed by atoms with Crippen molar-refractivity contribution >= 4 is 37.5 Å². The zero-order valence-electron chi connectivity index (χ0n) is 11.0. The Morgan fingerprint density at radius 2 is 1.81 bits per heavy atom. The number of hydrogen-bond donors (Lipinski definition) is 1. The van der Waals surface area contributed by atoms with Crippen molar-refractivity contribution in [3.63, 3.8) is 0 Å². The van der Waals surface area contributed by atoms with E-state index in [4.69, 9.17) is 0 Å². The van der Waals surface area contributed by atoms with Crippen molar-refractivity contribution in [1.29, 1.82) is 0 Å². The molecule has 0 saturated heterocycles. The van der Waals surface area contributed by atoms with Crippen LogP contribution in [0, 0.1) is 0 Å². The summed E-state index contributed by atoms with van der Waals surface area (Å²) in [5, 5.41) is 7.50. The molecule has 0 saturated carbocycles. The quantitative estimate of drug-likeness (QED) is 0.696. The van der Waals surface area contributed by atoms with Crippen molar-refractivity contribution in [3.05, 3.63) is 69.6 Å². The number of aromatic nitrogens is 3. The van der Waals surface area contributed by atoms with Crippen LogP contribution < -0.4 is 5.32 Å². The highest BCUT2D eigenvalue weighted by Gasteiger charge is 2.00. The molecule has 0 bridgehead atoms. The summed E-state index contributed by atoms with van der Waals surface area (Å²) >= 11 is 6.99. The van der Waals surface area contributed by atoms with Crippen molar-refractivity contribution in [1.82, 2.24) is 14.8 Å². The van der Waals surface area contributed by atoms with Crippen LogP contribution in [0.1, 0.15) is 5.56 Å². The second-order valence-electron chi connectivity index (χ2n) is 4.49. The highest BCUT2D eigenvalue weighted by molar-refractivity contribution is 9.13. The van der Waals surface area contributed by atoms with Crippen LogP contribution in [0.2, 0.25) is 0 Å². The maximum Gasteiger partial charge on any atom is 0.138 e. The molecule has 0 spiro atoms. The van der Waals surface area contributed by atoms with Gasteiger partial charge in [-0.25, -0.2) is 9.67 Å². The summed E-state index contributed by atoms with van der Waals surface area (Å²) in [5.74, 6) is 0. The molecule has 1 N–H and O–H groups in total. The van der Waals surface area contributed by atoms with Gasteiger partial charge >= 0.3 is 0 Å². The Kier molecular flexibility index (Phi) is 4.36. The first-order chi connectivity index (χ1) is 10.2. The minimum Gasteiger partial charge on any atom is -0.381 e. The Hall–Kier alpha value is -1.66. The summed E-state index contributed by atoms with van der Waals surface area (Å²) < 4.78 is 3.85. The summed E-state index contributed by atoms with van der Waals surface area (Å²) in [4.78, 5) is 3.94. The van der Waals surface area contributed by atoms with E-state index in [0.29, 0.717) is 0 Å². The highest BCUT2D eigenvalue weighted by Crippen LogP contribution is 2.24. The van der Waals surface area contributed by atoms with Crippen molar-refractivity contribution < 1.29 is 0 Å². The van der Waals surface area contributed by atoms with Gasteiger partial charge in [0.1, 0.15) is 12.7 Å². The summed E-state index contributed by atoms with van der Waals surface area (Å²) in [5.41, 5.74) is 3.27. The normalized spacial score (nSPS) is 10.6. The molecular weight excluding hydrogens is 396 g/mol. The fourth-order valence-corrected chi connectivity index (χ4v) is 2.60. The van der Waals surface area contributed by atoms with E-state index in [-0.39, 0.29) is 0 Å². The molecule has 0 radical (unpaired) electrons. The Morgan fingerprint density at radius 1 is 1.00 bits per heavy atom. The van der Waals surface area contributed by atoms with Crippen molar-refractivity contribution in [2.75, 3.05) is 5.32 Å². The molecule has 0 aliphatic heterocycles. The van der Waals surface area contributed by atoms with Crippen LogP contribution in [-0.4, -0.2) is 14.8 Å². The van der Waals surface area contributed by atoms with Gasteiger partial charge in [-0.05, 0) is 73.8 Å². The van der Waals surface area contributed by atoms with Gasteiger partial charge in [0.05, 0.1) is 5.69 Å². The average molecular weight is 408 g/mol. The van der Waals surface area contributed by atoms with Crippen molar-refractivity contribution in [2.45, 2.75) is 6.54 Å². The van der Waals surface area contributed by atoms with Gasteiger partial charge in [-0.1, -0.05) is 6.07 Å². The van der Waals surface area contributed by atoms with Crippen molar-refractivity contribution in [2.24, 2.45) is 0 Å². The molecular formula is C15H12Br2N4. The monoisotopic (exact) mass is 406 g/mol. The molecule has 3 rings (SSSR count). The highest BCUT2D eigenvalue weighted by atomic mass is 79.9. The molecule has 0 aliphatic rings. The molecule has 0 amide bonds. The molecule has 0 atom stereocenters. The Bertz CT molecular complexity index is 724. The van der Waals surface area contributed by atoms with Crippen LogP contribution in [0.3, 0.4) is 0 Å². The Morgan fingerprint density at radius 3 is 2.48 bits per heavy atom. The maximum absolute atomic E-state index is 4.10. The van der Waals surface area contributed by atoms with Gasteiger partial charge in [0.2, 0.25) is 0 Å². The van der Waals surface area contributed by atoms with Gasteiger partial charge < -0.3 is 5.32 Å². The van der Waals surface area contributed by atoms with Crippen LogP contribution in [0.5, 0.6) is 0 Å². The van der Waals surface area contributed by atoms with E-state index in [9.17, 15) is 0 Å². The lowest BCUT2D eigenvalue weighted by atomic mass is 10.2. The molecule has 4 nitrogen and oxygen atoms in total. The summed E-state index contributed by atoms with van der Waals surface area (Å²) in [6, 6.07) is 14.3.